The number of thioether (sulfide) groups is 1. The van der Waals surface area contributed by atoms with E-state index in [1.807, 2.05) is 12.3 Å². The molecule has 0 saturated carbocycles. The second-order valence-electron chi connectivity index (χ2n) is 4.86. The minimum absolute atomic E-state index is 0.558. The molecule has 2 rings (SSSR count). The molecule has 1 aromatic heterocycles. The Hall–Kier alpha value is -0.740. The Labute approximate surface area is 114 Å². The van der Waals surface area contributed by atoms with Gasteiger partial charge in [0, 0.05) is 17.5 Å². The standard InChI is InChI=1S/C14H23N3S/c1-2-16-12(13-5-3-4-8-18-13)9-11-6-7-17-14(15)10-11/h6-7,10,12-13,16H,2-5,8-9H2,1H3,(H2,15,17). The maximum absolute atomic E-state index is 5.75. The number of hydrogen-bond acceptors (Lipinski definition) is 4. The Balaban J connectivity index is 2.00. The van der Waals surface area contributed by atoms with Gasteiger partial charge in [-0.3, -0.25) is 0 Å². The maximum Gasteiger partial charge on any atom is 0.123 e. The van der Waals surface area contributed by atoms with Crippen LogP contribution in [0.4, 0.5) is 5.82 Å². The van der Waals surface area contributed by atoms with Crippen molar-refractivity contribution in [3.63, 3.8) is 0 Å². The molecular formula is C14H23N3S. The smallest absolute Gasteiger partial charge is 0.123 e. The molecule has 2 atom stereocenters. The van der Waals surface area contributed by atoms with Crippen molar-refractivity contribution in [3.05, 3.63) is 23.9 Å². The van der Waals surface area contributed by atoms with E-state index in [-0.39, 0.29) is 0 Å². The molecule has 0 radical (unpaired) electrons. The Morgan fingerprint density at radius 2 is 2.44 bits per heavy atom. The summed E-state index contributed by atoms with van der Waals surface area (Å²) >= 11 is 2.13. The van der Waals surface area contributed by atoms with Crippen LogP contribution in [0.25, 0.3) is 0 Å². The zero-order chi connectivity index (χ0) is 12.8. The van der Waals surface area contributed by atoms with Gasteiger partial charge in [0.1, 0.15) is 5.82 Å². The van der Waals surface area contributed by atoms with E-state index in [9.17, 15) is 0 Å². The summed E-state index contributed by atoms with van der Waals surface area (Å²) in [4.78, 5) is 4.06. The van der Waals surface area contributed by atoms with E-state index in [1.54, 1.807) is 0 Å². The van der Waals surface area contributed by atoms with Crippen molar-refractivity contribution in [2.45, 2.75) is 43.9 Å². The summed E-state index contributed by atoms with van der Waals surface area (Å²) in [6.45, 7) is 3.21. The molecular weight excluding hydrogens is 242 g/mol. The SMILES string of the molecule is CCNC(Cc1ccnc(N)c1)C1CCCCS1. The first-order valence-corrected chi connectivity index (χ1v) is 7.90. The van der Waals surface area contributed by atoms with E-state index in [2.05, 4.69) is 35.1 Å². The highest BCUT2D eigenvalue weighted by Crippen LogP contribution is 2.29. The number of aromatic nitrogens is 1. The quantitative estimate of drug-likeness (QED) is 0.859. The lowest BCUT2D eigenvalue weighted by Gasteiger charge is -2.30. The van der Waals surface area contributed by atoms with Gasteiger partial charge in [-0.25, -0.2) is 4.98 Å². The third-order valence-electron chi connectivity index (χ3n) is 3.43. The number of hydrogen-bond donors (Lipinski definition) is 2. The summed E-state index contributed by atoms with van der Waals surface area (Å²) in [6, 6.07) is 4.63. The summed E-state index contributed by atoms with van der Waals surface area (Å²) in [7, 11) is 0. The predicted octanol–water partition coefficient (Wildman–Crippen LogP) is 2.47. The first-order chi connectivity index (χ1) is 8.79. The summed E-state index contributed by atoms with van der Waals surface area (Å²) in [5.74, 6) is 1.93. The molecule has 2 heterocycles. The maximum atomic E-state index is 5.75. The summed E-state index contributed by atoms with van der Waals surface area (Å²) in [5, 5.41) is 4.38. The Kier molecular flexibility index (Phi) is 5.32. The molecule has 0 aromatic carbocycles. The van der Waals surface area contributed by atoms with Crippen LogP contribution in [0.15, 0.2) is 18.3 Å². The Morgan fingerprint density at radius 1 is 1.56 bits per heavy atom. The molecule has 0 bridgehead atoms. The molecule has 1 saturated heterocycles. The van der Waals surface area contributed by atoms with Crippen LogP contribution in [0.5, 0.6) is 0 Å². The third kappa shape index (κ3) is 3.89. The number of pyridine rings is 1. The molecule has 3 nitrogen and oxygen atoms in total. The number of nitrogens with two attached hydrogens (primary N) is 1. The van der Waals surface area contributed by atoms with E-state index < -0.39 is 0 Å². The molecule has 0 amide bonds. The lowest BCUT2D eigenvalue weighted by molar-refractivity contribution is 0.472. The summed E-state index contributed by atoms with van der Waals surface area (Å²) in [5.41, 5.74) is 7.04. The van der Waals surface area contributed by atoms with Crippen LogP contribution in [0, 0.1) is 0 Å². The highest BCUT2D eigenvalue weighted by atomic mass is 32.2. The van der Waals surface area contributed by atoms with Gasteiger partial charge in [0.25, 0.3) is 0 Å². The van der Waals surface area contributed by atoms with Gasteiger partial charge < -0.3 is 11.1 Å². The van der Waals surface area contributed by atoms with Crippen LogP contribution in [0.2, 0.25) is 0 Å². The molecule has 18 heavy (non-hydrogen) atoms. The first kappa shape index (κ1) is 13.7. The molecule has 2 unspecified atom stereocenters. The number of rotatable bonds is 5. The second kappa shape index (κ2) is 7.00. The number of likely N-dealkylation sites (N-methyl/N-ethyl adjacent to an activating group) is 1. The Bertz CT molecular complexity index is 364. The number of nitrogens with zero attached hydrogens (tertiary/aromatic N) is 1. The fourth-order valence-electron chi connectivity index (χ4n) is 2.56. The van der Waals surface area contributed by atoms with Crippen molar-refractivity contribution in [2.75, 3.05) is 18.0 Å². The van der Waals surface area contributed by atoms with Crippen molar-refractivity contribution in [2.24, 2.45) is 0 Å². The third-order valence-corrected chi connectivity index (χ3v) is 4.95. The number of anilines is 1. The normalized spacial score (nSPS) is 21.7. The zero-order valence-electron chi connectivity index (χ0n) is 11.1. The molecule has 0 spiro atoms. The number of nitrogen functional groups attached to an aromatic ring is 1. The monoisotopic (exact) mass is 265 g/mol. The van der Waals surface area contributed by atoms with Gasteiger partial charge in [0.15, 0.2) is 0 Å². The van der Waals surface area contributed by atoms with Gasteiger partial charge in [-0.2, -0.15) is 11.8 Å². The lowest BCUT2D eigenvalue weighted by Crippen LogP contribution is -2.41. The van der Waals surface area contributed by atoms with Gasteiger partial charge in [-0.05, 0) is 49.3 Å². The van der Waals surface area contributed by atoms with E-state index in [1.165, 1.54) is 30.6 Å². The first-order valence-electron chi connectivity index (χ1n) is 6.85. The van der Waals surface area contributed by atoms with Crippen molar-refractivity contribution < 1.29 is 0 Å². The second-order valence-corrected chi connectivity index (χ2v) is 6.21. The van der Waals surface area contributed by atoms with Crippen molar-refractivity contribution >= 4 is 17.6 Å². The van der Waals surface area contributed by atoms with Crippen molar-refractivity contribution in [1.29, 1.82) is 0 Å². The topological polar surface area (TPSA) is 50.9 Å². The lowest BCUT2D eigenvalue weighted by atomic mass is 10.00. The molecule has 3 N–H and O–H groups in total. The minimum atomic E-state index is 0.558. The predicted molar refractivity (Wildman–Crippen MR) is 79.9 cm³/mol. The molecule has 1 fully saturated rings. The van der Waals surface area contributed by atoms with Gasteiger partial charge in [0.05, 0.1) is 0 Å². The molecule has 100 valence electrons. The van der Waals surface area contributed by atoms with Crippen LogP contribution in [0.3, 0.4) is 0 Å². The number of nitrogens with one attached hydrogen (secondary N) is 1. The van der Waals surface area contributed by atoms with Gasteiger partial charge in [-0.15, -0.1) is 0 Å². The summed E-state index contributed by atoms with van der Waals surface area (Å²) in [6.07, 6.45) is 6.95. The average Bonchev–Trinajstić information content (AvgIpc) is 2.39. The molecule has 1 aromatic rings. The van der Waals surface area contributed by atoms with Crippen LogP contribution in [-0.4, -0.2) is 28.6 Å². The molecule has 4 heteroatoms. The van der Waals surface area contributed by atoms with Crippen LogP contribution in [0.1, 0.15) is 31.7 Å². The van der Waals surface area contributed by atoms with Crippen LogP contribution < -0.4 is 11.1 Å². The van der Waals surface area contributed by atoms with Crippen LogP contribution >= 0.6 is 11.8 Å². The molecule has 1 aliphatic rings. The van der Waals surface area contributed by atoms with Gasteiger partial charge in [0.2, 0.25) is 0 Å². The van der Waals surface area contributed by atoms with Crippen molar-refractivity contribution in [1.82, 2.24) is 10.3 Å². The largest absolute Gasteiger partial charge is 0.384 e. The van der Waals surface area contributed by atoms with Crippen LogP contribution in [-0.2, 0) is 6.42 Å². The van der Waals surface area contributed by atoms with E-state index in [4.69, 9.17) is 5.73 Å². The fourth-order valence-corrected chi connectivity index (χ4v) is 3.99. The van der Waals surface area contributed by atoms with E-state index in [0.717, 1.165) is 18.2 Å². The van der Waals surface area contributed by atoms with E-state index >= 15 is 0 Å². The average molecular weight is 265 g/mol. The minimum Gasteiger partial charge on any atom is -0.384 e. The highest BCUT2D eigenvalue weighted by Gasteiger charge is 2.23. The summed E-state index contributed by atoms with van der Waals surface area (Å²) < 4.78 is 0. The van der Waals surface area contributed by atoms with E-state index in [0.29, 0.717) is 11.9 Å². The highest BCUT2D eigenvalue weighted by molar-refractivity contribution is 8.00. The van der Waals surface area contributed by atoms with Gasteiger partial charge in [-0.1, -0.05) is 13.3 Å². The fraction of sp³-hybridized carbons (Fsp3) is 0.643. The zero-order valence-corrected chi connectivity index (χ0v) is 11.9. The Morgan fingerprint density at radius 3 is 3.11 bits per heavy atom. The molecule has 0 aliphatic carbocycles. The van der Waals surface area contributed by atoms with Crippen molar-refractivity contribution in [3.8, 4) is 0 Å². The van der Waals surface area contributed by atoms with Gasteiger partial charge >= 0.3 is 0 Å². The molecule has 1 aliphatic heterocycles.